The van der Waals surface area contributed by atoms with E-state index in [-0.39, 0.29) is 0 Å². The van der Waals surface area contributed by atoms with Gasteiger partial charge in [-0.05, 0) is 32.3 Å². The Bertz CT molecular complexity index is 277. The van der Waals surface area contributed by atoms with Gasteiger partial charge in [0.05, 0.1) is 12.7 Å². The molecule has 0 saturated heterocycles. The Morgan fingerprint density at radius 2 is 2.31 bits per heavy atom. The van der Waals surface area contributed by atoms with Crippen LogP contribution in [0.2, 0.25) is 0 Å². The highest BCUT2D eigenvalue weighted by atomic mass is 32.1. The molecule has 16 heavy (non-hydrogen) atoms. The molecular weight excluding hydrogens is 222 g/mol. The average Bonchev–Trinajstić information content (AvgIpc) is 2.78. The highest BCUT2D eigenvalue weighted by molar-refractivity contribution is 7.10. The molecule has 0 aliphatic heterocycles. The predicted molar refractivity (Wildman–Crippen MR) is 67.9 cm³/mol. The first kappa shape index (κ1) is 13.6. The Balaban J connectivity index is 2.36. The third kappa shape index (κ3) is 4.22. The maximum atomic E-state index is 9.73. The van der Waals surface area contributed by atoms with Crippen molar-refractivity contribution in [2.45, 2.75) is 26.0 Å². The van der Waals surface area contributed by atoms with E-state index < -0.39 is 6.10 Å². The lowest BCUT2D eigenvalue weighted by atomic mass is 10.2. The fraction of sp³-hybridized carbons (Fsp3) is 0.667. The summed E-state index contributed by atoms with van der Waals surface area (Å²) in [6.07, 6.45) is -0.410. The van der Waals surface area contributed by atoms with Crippen molar-refractivity contribution in [3.63, 3.8) is 0 Å². The number of hydrogen-bond acceptors (Lipinski definition) is 4. The van der Waals surface area contributed by atoms with E-state index in [4.69, 9.17) is 4.74 Å². The number of likely N-dealkylation sites (N-methyl/N-ethyl adjacent to an activating group) is 1. The second-order valence-corrected chi connectivity index (χ2v) is 4.92. The first-order valence-corrected chi connectivity index (χ1v) is 6.52. The van der Waals surface area contributed by atoms with Crippen molar-refractivity contribution in [3.8, 4) is 0 Å². The van der Waals surface area contributed by atoms with E-state index in [1.165, 1.54) is 4.88 Å². The minimum Gasteiger partial charge on any atom is -0.389 e. The summed E-state index contributed by atoms with van der Waals surface area (Å²) in [4.78, 5) is 3.47. The van der Waals surface area contributed by atoms with Gasteiger partial charge in [0.15, 0.2) is 0 Å². The third-order valence-electron chi connectivity index (χ3n) is 2.63. The molecule has 0 aromatic carbocycles. The van der Waals surface area contributed by atoms with Crippen LogP contribution in [0.15, 0.2) is 17.5 Å². The normalized spacial score (nSPS) is 15.3. The minimum absolute atomic E-state index is 0.344. The summed E-state index contributed by atoms with van der Waals surface area (Å²) in [5, 5.41) is 11.8. The summed E-state index contributed by atoms with van der Waals surface area (Å²) < 4.78 is 5.19. The lowest BCUT2D eigenvalue weighted by molar-refractivity contribution is 0.0198. The van der Waals surface area contributed by atoms with Crippen LogP contribution in [0.3, 0.4) is 0 Å². The first-order chi connectivity index (χ1) is 7.65. The first-order valence-electron chi connectivity index (χ1n) is 5.64. The standard InChI is InChI=1S/C12H21NO2S/c1-4-15-9-11(14)8-13(3)10(2)12-6-5-7-16-12/h5-7,10-11,14H,4,8-9H2,1-3H3. The topological polar surface area (TPSA) is 32.7 Å². The van der Waals surface area contributed by atoms with Crippen LogP contribution in [0, 0.1) is 0 Å². The van der Waals surface area contributed by atoms with Crippen molar-refractivity contribution in [1.29, 1.82) is 0 Å². The van der Waals surface area contributed by atoms with Gasteiger partial charge in [-0.2, -0.15) is 0 Å². The van der Waals surface area contributed by atoms with Crippen molar-refractivity contribution in [1.82, 2.24) is 4.90 Å². The van der Waals surface area contributed by atoms with Gasteiger partial charge in [-0.1, -0.05) is 6.07 Å². The third-order valence-corrected chi connectivity index (χ3v) is 3.67. The van der Waals surface area contributed by atoms with Crippen molar-refractivity contribution in [2.75, 3.05) is 26.8 Å². The number of ether oxygens (including phenoxy) is 1. The zero-order chi connectivity index (χ0) is 12.0. The van der Waals surface area contributed by atoms with Crippen molar-refractivity contribution < 1.29 is 9.84 Å². The molecule has 0 aliphatic rings. The fourth-order valence-electron chi connectivity index (χ4n) is 1.54. The minimum atomic E-state index is -0.410. The Kier molecular flexibility index (Phi) is 5.98. The summed E-state index contributed by atoms with van der Waals surface area (Å²) in [7, 11) is 2.03. The van der Waals surface area contributed by atoms with Gasteiger partial charge in [0, 0.05) is 24.1 Å². The van der Waals surface area contributed by atoms with Gasteiger partial charge < -0.3 is 9.84 Å². The molecular formula is C12H21NO2S. The number of rotatable bonds is 7. The van der Waals surface area contributed by atoms with E-state index in [1.54, 1.807) is 11.3 Å². The number of aliphatic hydroxyl groups excluding tert-OH is 1. The van der Waals surface area contributed by atoms with E-state index in [0.717, 1.165) is 0 Å². The highest BCUT2D eigenvalue weighted by Crippen LogP contribution is 2.23. The summed E-state index contributed by atoms with van der Waals surface area (Å²) in [6, 6.07) is 4.53. The van der Waals surface area contributed by atoms with Crippen LogP contribution >= 0.6 is 11.3 Å². The van der Waals surface area contributed by atoms with Crippen LogP contribution in [0.5, 0.6) is 0 Å². The van der Waals surface area contributed by atoms with E-state index >= 15 is 0 Å². The number of hydrogen-bond donors (Lipinski definition) is 1. The molecule has 3 nitrogen and oxygen atoms in total. The van der Waals surface area contributed by atoms with Crippen LogP contribution in [0.4, 0.5) is 0 Å². The van der Waals surface area contributed by atoms with Gasteiger partial charge in [-0.3, -0.25) is 4.90 Å². The molecule has 1 aromatic rings. The Morgan fingerprint density at radius 3 is 2.88 bits per heavy atom. The maximum Gasteiger partial charge on any atom is 0.0900 e. The lowest BCUT2D eigenvalue weighted by Gasteiger charge is -2.26. The molecule has 0 amide bonds. The van der Waals surface area contributed by atoms with E-state index in [0.29, 0.717) is 25.8 Å². The average molecular weight is 243 g/mol. The summed E-state index contributed by atoms with van der Waals surface area (Å²) in [6.45, 7) is 5.79. The molecule has 2 atom stereocenters. The van der Waals surface area contributed by atoms with Crippen LogP contribution < -0.4 is 0 Å². The maximum absolute atomic E-state index is 9.73. The van der Waals surface area contributed by atoms with Gasteiger partial charge >= 0.3 is 0 Å². The largest absolute Gasteiger partial charge is 0.389 e. The summed E-state index contributed by atoms with van der Waals surface area (Å²) in [5.74, 6) is 0. The fourth-order valence-corrected chi connectivity index (χ4v) is 2.39. The zero-order valence-electron chi connectivity index (χ0n) is 10.2. The predicted octanol–water partition coefficient (Wildman–Crippen LogP) is 2.14. The quantitative estimate of drug-likeness (QED) is 0.796. The smallest absolute Gasteiger partial charge is 0.0900 e. The molecule has 0 aliphatic carbocycles. The van der Waals surface area contributed by atoms with E-state index in [2.05, 4.69) is 29.3 Å². The second-order valence-electron chi connectivity index (χ2n) is 3.94. The molecule has 1 rings (SSSR count). The van der Waals surface area contributed by atoms with Crippen LogP contribution in [0.1, 0.15) is 24.8 Å². The lowest BCUT2D eigenvalue weighted by Crippen LogP contribution is -2.33. The summed E-state index contributed by atoms with van der Waals surface area (Å²) in [5.41, 5.74) is 0. The molecule has 92 valence electrons. The van der Waals surface area contributed by atoms with E-state index in [9.17, 15) is 5.11 Å². The van der Waals surface area contributed by atoms with Crippen LogP contribution in [0.25, 0.3) is 0 Å². The van der Waals surface area contributed by atoms with Gasteiger partial charge in [0.2, 0.25) is 0 Å². The van der Waals surface area contributed by atoms with Crippen molar-refractivity contribution in [2.24, 2.45) is 0 Å². The van der Waals surface area contributed by atoms with Crippen LogP contribution in [-0.2, 0) is 4.74 Å². The Hall–Kier alpha value is -0.420. The SMILES string of the molecule is CCOCC(O)CN(C)C(C)c1cccs1. The number of thiophene rings is 1. The van der Waals surface area contributed by atoms with Gasteiger partial charge in [-0.25, -0.2) is 0 Å². The highest BCUT2D eigenvalue weighted by Gasteiger charge is 2.15. The molecule has 0 saturated carbocycles. The second kappa shape index (κ2) is 7.01. The summed E-state index contributed by atoms with van der Waals surface area (Å²) >= 11 is 1.75. The monoisotopic (exact) mass is 243 g/mol. The molecule has 0 spiro atoms. The zero-order valence-corrected chi connectivity index (χ0v) is 11.0. The molecule has 0 radical (unpaired) electrons. The molecule has 0 fully saturated rings. The molecule has 0 bridgehead atoms. The molecule has 1 heterocycles. The Labute approximate surface area is 102 Å². The molecule has 4 heteroatoms. The molecule has 2 unspecified atom stereocenters. The van der Waals surface area contributed by atoms with Crippen LogP contribution in [-0.4, -0.2) is 42.9 Å². The molecule has 1 aromatic heterocycles. The number of aliphatic hydroxyl groups is 1. The Morgan fingerprint density at radius 1 is 1.56 bits per heavy atom. The number of nitrogens with zero attached hydrogens (tertiary/aromatic N) is 1. The van der Waals surface area contributed by atoms with Gasteiger partial charge in [0.1, 0.15) is 0 Å². The van der Waals surface area contributed by atoms with E-state index in [1.807, 2.05) is 14.0 Å². The van der Waals surface area contributed by atoms with Crippen molar-refractivity contribution >= 4 is 11.3 Å². The van der Waals surface area contributed by atoms with Gasteiger partial charge in [0.25, 0.3) is 0 Å². The van der Waals surface area contributed by atoms with Gasteiger partial charge in [-0.15, -0.1) is 11.3 Å². The van der Waals surface area contributed by atoms with Crippen molar-refractivity contribution in [3.05, 3.63) is 22.4 Å². The molecule has 1 N–H and O–H groups in total.